The van der Waals surface area contributed by atoms with Gasteiger partial charge >= 0.3 is 0 Å². The Balaban J connectivity index is 2.00. The summed E-state index contributed by atoms with van der Waals surface area (Å²) in [5.74, 6) is 1.31. The van der Waals surface area contributed by atoms with Gasteiger partial charge in [0.1, 0.15) is 5.72 Å². The van der Waals surface area contributed by atoms with Crippen LogP contribution in [0.1, 0.15) is 26.7 Å². The van der Waals surface area contributed by atoms with Crippen molar-refractivity contribution >= 4 is 11.8 Å². The fraction of sp³-hybridized carbons (Fsp3) is 1.00. The molecule has 2 rings (SSSR count). The predicted molar refractivity (Wildman–Crippen MR) is 52.4 cm³/mol. The van der Waals surface area contributed by atoms with Gasteiger partial charge in [0.2, 0.25) is 0 Å². The Bertz CT molecular complexity index is 170. The molecule has 0 saturated carbocycles. The maximum atomic E-state index is 5.80. The average Bonchev–Trinajstić information content (AvgIpc) is 2.59. The molecule has 3 atom stereocenters. The zero-order chi connectivity index (χ0) is 8.60. The van der Waals surface area contributed by atoms with E-state index >= 15 is 0 Å². The first-order chi connectivity index (χ1) is 5.71. The molecule has 2 nitrogen and oxygen atoms in total. The van der Waals surface area contributed by atoms with Crippen LogP contribution in [0.4, 0.5) is 0 Å². The smallest absolute Gasteiger partial charge is 0.128 e. The summed E-state index contributed by atoms with van der Waals surface area (Å²) < 4.78 is 5.80. The molecule has 3 unspecified atom stereocenters. The normalized spacial score (nSPS) is 48.5. The van der Waals surface area contributed by atoms with Crippen LogP contribution in [-0.4, -0.2) is 29.4 Å². The van der Waals surface area contributed by atoms with Crippen LogP contribution in [0.25, 0.3) is 0 Å². The molecule has 0 aliphatic carbocycles. The standard InChI is InChI=1S/C9H17NOS/c1-7-6-11-9(2,10-7)8-4-3-5-12-8/h7-8,10H,3-6H2,1-2H3. The first kappa shape index (κ1) is 8.85. The lowest BCUT2D eigenvalue weighted by Crippen LogP contribution is -2.48. The zero-order valence-electron chi connectivity index (χ0n) is 7.80. The van der Waals surface area contributed by atoms with Crippen LogP contribution in [-0.2, 0) is 4.74 Å². The van der Waals surface area contributed by atoms with Crippen molar-refractivity contribution in [2.75, 3.05) is 12.4 Å². The molecule has 0 spiro atoms. The molecule has 2 aliphatic heterocycles. The van der Waals surface area contributed by atoms with Gasteiger partial charge in [-0.3, -0.25) is 5.32 Å². The zero-order valence-corrected chi connectivity index (χ0v) is 8.62. The highest BCUT2D eigenvalue weighted by Crippen LogP contribution is 2.37. The van der Waals surface area contributed by atoms with Crippen molar-refractivity contribution in [2.24, 2.45) is 0 Å². The molecule has 2 fully saturated rings. The minimum atomic E-state index is -0.0411. The Kier molecular flexibility index (Phi) is 2.36. The Morgan fingerprint density at radius 2 is 2.42 bits per heavy atom. The van der Waals surface area contributed by atoms with E-state index in [4.69, 9.17) is 4.74 Å². The third kappa shape index (κ3) is 1.50. The summed E-state index contributed by atoms with van der Waals surface area (Å²) in [5, 5.41) is 4.20. The maximum absolute atomic E-state index is 5.80. The van der Waals surface area contributed by atoms with Crippen LogP contribution in [0.5, 0.6) is 0 Å². The molecule has 0 aromatic carbocycles. The lowest BCUT2D eigenvalue weighted by molar-refractivity contribution is 0.00450. The summed E-state index contributed by atoms with van der Waals surface area (Å²) in [6, 6.07) is 0.524. The highest BCUT2D eigenvalue weighted by Gasteiger charge is 2.42. The summed E-state index contributed by atoms with van der Waals surface area (Å²) in [4.78, 5) is 0. The van der Waals surface area contributed by atoms with Gasteiger partial charge in [-0.05, 0) is 32.4 Å². The number of hydrogen-bond donors (Lipinski definition) is 1. The van der Waals surface area contributed by atoms with Gasteiger partial charge in [-0.25, -0.2) is 0 Å². The van der Waals surface area contributed by atoms with Gasteiger partial charge in [-0.2, -0.15) is 11.8 Å². The summed E-state index contributed by atoms with van der Waals surface area (Å²) in [5.41, 5.74) is -0.0411. The molecule has 0 aromatic rings. The molecule has 2 aliphatic rings. The Morgan fingerprint density at radius 1 is 1.58 bits per heavy atom. The van der Waals surface area contributed by atoms with E-state index in [-0.39, 0.29) is 5.72 Å². The first-order valence-electron chi connectivity index (χ1n) is 4.74. The Morgan fingerprint density at radius 3 is 2.92 bits per heavy atom. The van der Waals surface area contributed by atoms with Crippen molar-refractivity contribution in [1.29, 1.82) is 0 Å². The van der Waals surface area contributed by atoms with E-state index in [1.807, 2.05) is 0 Å². The number of nitrogens with one attached hydrogen (secondary N) is 1. The molecule has 3 heteroatoms. The monoisotopic (exact) mass is 187 g/mol. The van der Waals surface area contributed by atoms with Gasteiger partial charge < -0.3 is 4.74 Å². The molecular formula is C9H17NOS. The van der Waals surface area contributed by atoms with E-state index in [0.717, 1.165) is 6.61 Å². The van der Waals surface area contributed by atoms with Crippen molar-refractivity contribution in [3.05, 3.63) is 0 Å². The van der Waals surface area contributed by atoms with E-state index in [0.29, 0.717) is 11.3 Å². The van der Waals surface area contributed by atoms with Crippen molar-refractivity contribution in [1.82, 2.24) is 5.32 Å². The highest BCUT2D eigenvalue weighted by atomic mass is 32.2. The minimum absolute atomic E-state index is 0.0411. The maximum Gasteiger partial charge on any atom is 0.128 e. The van der Waals surface area contributed by atoms with E-state index in [1.54, 1.807) is 0 Å². The average molecular weight is 187 g/mol. The topological polar surface area (TPSA) is 21.3 Å². The SMILES string of the molecule is CC1COC(C)(C2CCCS2)N1. The van der Waals surface area contributed by atoms with Gasteiger partial charge in [-0.1, -0.05) is 0 Å². The fourth-order valence-corrected chi connectivity index (χ4v) is 3.47. The number of thioether (sulfide) groups is 1. The minimum Gasteiger partial charge on any atom is -0.358 e. The van der Waals surface area contributed by atoms with Crippen LogP contribution in [0, 0.1) is 0 Å². The Labute approximate surface area is 78.4 Å². The van der Waals surface area contributed by atoms with Crippen LogP contribution in [0.3, 0.4) is 0 Å². The predicted octanol–water partition coefficient (Wildman–Crippen LogP) is 1.61. The summed E-state index contributed by atoms with van der Waals surface area (Å²) in [6.45, 7) is 5.25. The number of hydrogen-bond acceptors (Lipinski definition) is 3. The second kappa shape index (κ2) is 3.20. The van der Waals surface area contributed by atoms with E-state index < -0.39 is 0 Å². The van der Waals surface area contributed by atoms with Crippen molar-refractivity contribution in [3.8, 4) is 0 Å². The Hall–Kier alpha value is 0.270. The van der Waals surface area contributed by atoms with Gasteiger partial charge in [0.05, 0.1) is 6.61 Å². The molecule has 1 N–H and O–H groups in total. The third-order valence-corrected chi connectivity index (χ3v) is 4.32. The van der Waals surface area contributed by atoms with Crippen LogP contribution in [0.15, 0.2) is 0 Å². The lowest BCUT2D eigenvalue weighted by atomic mass is 10.1. The van der Waals surface area contributed by atoms with Gasteiger partial charge in [0.15, 0.2) is 0 Å². The molecule has 70 valence electrons. The second-order valence-electron chi connectivity index (χ2n) is 3.97. The highest BCUT2D eigenvalue weighted by molar-refractivity contribution is 8.00. The van der Waals surface area contributed by atoms with Crippen molar-refractivity contribution < 1.29 is 4.74 Å². The van der Waals surface area contributed by atoms with Crippen LogP contribution in [0.2, 0.25) is 0 Å². The van der Waals surface area contributed by atoms with Crippen LogP contribution >= 0.6 is 11.8 Å². The lowest BCUT2D eigenvalue weighted by Gasteiger charge is -2.30. The molecule has 0 amide bonds. The summed E-state index contributed by atoms with van der Waals surface area (Å²) in [6.07, 6.45) is 2.66. The first-order valence-corrected chi connectivity index (χ1v) is 5.79. The van der Waals surface area contributed by atoms with E-state index in [1.165, 1.54) is 18.6 Å². The molecule has 0 bridgehead atoms. The van der Waals surface area contributed by atoms with E-state index in [9.17, 15) is 0 Å². The van der Waals surface area contributed by atoms with Gasteiger partial charge in [0.25, 0.3) is 0 Å². The summed E-state index contributed by atoms with van der Waals surface area (Å²) in [7, 11) is 0. The molecule has 0 aromatic heterocycles. The van der Waals surface area contributed by atoms with Crippen molar-refractivity contribution in [3.63, 3.8) is 0 Å². The number of rotatable bonds is 1. The van der Waals surface area contributed by atoms with Gasteiger partial charge in [-0.15, -0.1) is 0 Å². The second-order valence-corrected chi connectivity index (χ2v) is 5.28. The molecule has 2 saturated heterocycles. The molecule has 12 heavy (non-hydrogen) atoms. The van der Waals surface area contributed by atoms with E-state index in [2.05, 4.69) is 30.9 Å². The summed E-state index contributed by atoms with van der Waals surface area (Å²) >= 11 is 2.05. The quantitative estimate of drug-likeness (QED) is 0.674. The third-order valence-electron chi connectivity index (χ3n) is 2.71. The largest absolute Gasteiger partial charge is 0.358 e. The molecular weight excluding hydrogens is 170 g/mol. The fourth-order valence-electron chi connectivity index (χ4n) is 2.07. The van der Waals surface area contributed by atoms with Gasteiger partial charge in [0, 0.05) is 11.3 Å². The molecule has 2 heterocycles. The number of ether oxygens (including phenoxy) is 1. The van der Waals surface area contributed by atoms with Crippen molar-refractivity contribution in [2.45, 2.75) is 43.7 Å². The van der Waals surface area contributed by atoms with Crippen LogP contribution < -0.4 is 5.32 Å². The molecule has 0 radical (unpaired) electrons.